The van der Waals surface area contributed by atoms with Gasteiger partial charge in [-0.1, -0.05) is 139 Å². The molecule has 1 aromatic heterocycles. The minimum Gasteiger partial charge on any atom is -0.456 e. The van der Waals surface area contributed by atoms with Crippen LogP contribution in [0.2, 0.25) is 5.02 Å². The lowest BCUT2D eigenvalue weighted by molar-refractivity contribution is 0.662. The molecule has 1 unspecified atom stereocenters. The lowest BCUT2D eigenvalue weighted by Gasteiger charge is -2.24. The Hall–Kier alpha value is -5.45. The molecular formula is C39H26ClN3O. The predicted molar refractivity (Wildman–Crippen MR) is 181 cm³/mol. The molecule has 1 aliphatic rings. The number of aliphatic imine (C=N–C) groups is 2. The van der Waals surface area contributed by atoms with Crippen molar-refractivity contribution in [1.82, 2.24) is 5.32 Å². The SMILES string of the molecule is Clc1cc(C2N=C(c3ccccc3)N=C(c3ccc(-c4ccc(-c5ccccc5)cc4)cc3)N2)c2c(c1)oc1ccccc12. The van der Waals surface area contributed by atoms with E-state index in [4.69, 9.17) is 26.0 Å². The average molecular weight is 588 g/mol. The van der Waals surface area contributed by atoms with Gasteiger partial charge >= 0.3 is 0 Å². The zero-order valence-electron chi connectivity index (χ0n) is 23.6. The molecule has 8 rings (SSSR count). The van der Waals surface area contributed by atoms with Gasteiger partial charge in [-0.3, -0.25) is 0 Å². The quantitative estimate of drug-likeness (QED) is 0.218. The van der Waals surface area contributed by atoms with Gasteiger partial charge in [-0.05, 0) is 34.4 Å². The Morgan fingerprint density at radius 2 is 1.09 bits per heavy atom. The van der Waals surface area contributed by atoms with Crippen molar-refractivity contribution in [2.75, 3.05) is 0 Å². The highest BCUT2D eigenvalue weighted by atomic mass is 35.5. The molecule has 4 nitrogen and oxygen atoms in total. The van der Waals surface area contributed by atoms with Crippen LogP contribution in [0.25, 0.3) is 44.2 Å². The summed E-state index contributed by atoms with van der Waals surface area (Å²) in [4.78, 5) is 10.1. The van der Waals surface area contributed by atoms with Gasteiger partial charge in [0.2, 0.25) is 0 Å². The Bertz CT molecular complexity index is 2180. The Morgan fingerprint density at radius 1 is 0.545 bits per heavy atom. The molecule has 0 saturated carbocycles. The van der Waals surface area contributed by atoms with Gasteiger partial charge in [-0.15, -0.1) is 0 Å². The standard InChI is InChI=1S/C39H26ClN3O/c40-31-23-33(36-32-13-7-8-14-34(32)44-35(36)24-31)39-42-37(29-11-5-2-6-12-29)41-38(43-39)30-21-19-28(20-22-30)27-17-15-26(16-18-27)25-9-3-1-4-10-25/h1-24,39H,(H,41,42,43). The summed E-state index contributed by atoms with van der Waals surface area (Å²) in [7, 11) is 0. The summed E-state index contributed by atoms with van der Waals surface area (Å²) >= 11 is 6.63. The minimum atomic E-state index is -0.426. The third kappa shape index (κ3) is 4.85. The van der Waals surface area contributed by atoms with Crippen LogP contribution >= 0.6 is 11.6 Å². The van der Waals surface area contributed by atoms with Gasteiger partial charge < -0.3 is 9.73 Å². The molecular weight excluding hydrogens is 562 g/mol. The topological polar surface area (TPSA) is 49.9 Å². The van der Waals surface area contributed by atoms with E-state index in [0.717, 1.165) is 55.6 Å². The minimum absolute atomic E-state index is 0.426. The highest BCUT2D eigenvalue weighted by molar-refractivity contribution is 6.31. The molecule has 1 aliphatic heterocycles. The molecule has 5 heteroatoms. The first-order valence-corrected chi connectivity index (χ1v) is 14.9. The van der Waals surface area contributed by atoms with Crippen LogP contribution in [0.4, 0.5) is 0 Å². The summed E-state index contributed by atoms with van der Waals surface area (Å²) in [6, 6.07) is 49.6. The van der Waals surface area contributed by atoms with Crippen molar-refractivity contribution in [3.05, 3.63) is 167 Å². The van der Waals surface area contributed by atoms with Crippen molar-refractivity contribution >= 4 is 45.2 Å². The molecule has 0 spiro atoms. The van der Waals surface area contributed by atoms with Gasteiger partial charge in [-0.2, -0.15) is 0 Å². The average Bonchev–Trinajstić information content (AvgIpc) is 3.47. The Balaban J connectivity index is 1.17. The molecule has 1 atom stereocenters. The second kappa shape index (κ2) is 11.0. The summed E-state index contributed by atoms with van der Waals surface area (Å²) in [5.41, 5.74) is 9.11. The predicted octanol–water partition coefficient (Wildman–Crippen LogP) is 10.1. The molecule has 0 aliphatic carbocycles. The van der Waals surface area contributed by atoms with Gasteiger partial charge in [0, 0.05) is 38.6 Å². The number of rotatable bonds is 5. The van der Waals surface area contributed by atoms with Crippen LogP contribution in [0.1, 0.15) is 22.9 Å². The lowest BCUT2D eigenvalue weighted by atomic mass is 9.99. The molecule has 0 amide bonds. The fourth-order valence-electron chi connectivity index (χ4n) is 5.85. The van der Waals surface area contributed by atoms with Crippen molar-refractivity contribution in [3.63, 3.8) is 0 Å². The van der Waals surface area contributed by atoms with Crippen LogP contribution < -0.4 is 5.32 Å². The number of benzene rings is 6. The van der Waals surface area contributed by atoms with E-state index in [9.17, 15) is 0 Å². The van der Waals surface area contributed by atoms with Crippen molar-refractivity contribution in [1.29, 1.82) is 0 Å². The molecule has 7 aromatic rings. The third-order valence-electron chi connectivity index (χ3n) is 8.03. The summed E-state index contributed by atoms with van der Waals surface area (Å²) < 4.78 is 6.18. The second-order valence-corrected chi connectivity index (χ2v) is 11.2. The number of amidine groups is 2. The van der Waals surface area contributed by atoms with E-state index in [1.54, 1.807) is 0 Å². The Morgan fingerprint density at radius 3 is 1.75 bits per heavy atom. The van der Waals surface area contributed by atoms with Gasteiger partial charge in [0.15, 0.2) is 5.84 Å². The number of para-hydroxylation sites is 1. The summed E-state index contributed by atoms with van der Waals surface area (Å²) in [5, 5.41) is 6.22. The van der Waals surface area contributed by atoms with E-state index in [1.165, 1.54) is 11.1 Å². The van der Waals surface area contributed by atoms with Crippen LogP contribution in [-0.2, 0) is 0 Å². The maximum Gasteiger partial charge on any atom is 0.159 e. The van der Waals surface area contributed by atoms with Gasteiger partial charge in [0.1, 0.15) is 23.2 Å². The normalized spacial score (nSPS) is 14.7. The van der Waals surface area contributed by atoms with E-state index < -0.39 is 6.17 Å². The van der Waals surface area contributed by atoms with Crippen molar-refractivity contribution < 1.29 is 4.42 Å². The lowest BCUT2D eigenvalue weighted by Crippen LogP contribution is -2.33. The first-order chi connectivity index (χ1) is 21.7. The van der Waals surface area contributed by atoms with Crippen molar-refractivity contribution in [2.45, 2.75) is 6.17 Å². The van der Waals surface area contributed by atoms with Crippen LogP contribution in [0.15, 0.2) is 160 Å². The van der Waals surface area contributed by atoms with Crippen LogP contribution in [-0.4, -0.2) is 11.7 Å². The highest BCUT2D eigenvalue weighted by Gasteiger charge is 2.25. The van der Waals surface area contributed by atoms with Crippen LogP contribution in [0, 0.1) is 0 Å². The van der Waals surface area contributed by atoms with Crippen molar-refractivity contribution in [2.24, 2.45) is 9.98 Å². The van der Waals surface area contributed by atoms with Gasteiger partial charge in [-0.25, -0.2) is 9.98 Å². The van der Waals surface area contributed by atoms with E-state index in [-0.39, 0.29) is 0 Å². The second-order valence-electron chi connectivity index (χ2n) is 10.8. The number of furan rings is 1. The number of halogens is 1. The smallest absolute Gasteiger partial charge is 0.159 e. The Kier molecular flexibility index (Phi) is 6.55. The first-order valence-electron chi connectivity index (χ1n) is 14.5. The first kappa shape index (κ1) is 26.2. The van der Waals surface area contributed by atoms with E-state index >= 15 is 0 Å². The van der Waals surface area contributed by atoms with Crippen molar-refractivity contribution in [3.8, 4) is 22.3 Å². The highest BCUT2D eigenvalue weighted by Crippen LogP contribution is 2.38. The van der Waals surface area contributed by atoms with E-state index in [1.807, 2.05) is 66.7 Å². The molecule has 0 fully saturated rings. The molecule has 6 aromatic carbocycles. The number of hydrogen-bond acceptors (Lipinski definition) is 4. The molecule has 0 saturated heterocycles. The number of nitrogens with one attached hydrogen (secondary N) is 1. The monoisotopic (exact) mass is 587 g/mol. The fourth-order valence-corrected chi connectivity index (χ4v) is 6.06. The van der Waals surface area contributed by atoms with Crippen LogP contribution in [0.3, 0.4) is 0 Å². The number of nitrogens with zero attached hydrogens (tertiary/aromatic N) is 2. The number of hydrogen-bond donors (Lipinski definition) is 1. The van der Waals surface area contributed by atoms with Crippen LogP contribution in [0.5, 0.6) is 0 Å². The van der Waals surface area contributed by atoms with E-state index in [0.29, 0.717) is 10.9 Å². The largest absolute Gasteiger partial charge is 0.456 e. The summed E-state index contributed by atoms with van der Waals surface area (Å²) in [6.07, 6.45) is -0.426. The summed E-state index contributed by atoms with van der Waals surface area (Å²) in [5.74, 6) is 1.40. The van der Waals surface area contributed by atoms with Gasteiger partial charge in [0.05, 0.1) is 0 Å². The number of fused-ring (bicyclic) bond motifs is 3. The maximum absolute atomic E-state index is 6.63. The molecule has 210 valence electrons. The van der Waals surface area contributed by atoms with E-state index in [2.05, 4.69) is 84.2 Å². The molecule has 1 N–H and O–H groups in total. The van der Waals surface area contributed by atoms with Gasteiger partial charge in [0.25, 0.3) is 0 Å². The zero-order chi connectivity index (χ0) is 29.5. The molecule has 0 radical (unpaired) electrons. The molecule has 44 heavy (non-hydrogen) atoms. The zero-order valence-corrected chi connectivity index (χ0v) is 24.4. The maximum atomic E-state index is 6.63. The third-order valence-corrected chi connectivity index (χ3v) is 8.24. The molecule has 2 heterocycles. The Labute approximate surface area is 260 Å². The fraction of sp³-hybridized carbons (Fsp3) is 0.0256. The molecule has 0 bridgehead atoms. The summed E-state index contributed by atoms with van der Waals surface area (Å²) in [6.45, 7) is 0.